The van der Waals surface area contributed by atoms with Gasteiger partial charge in [-0.15, -0.1) is 6.58 Å². The summed E-state index contributed by atoms with van der Waals surface area (Å²) in [6.45, 7) is 11.6. The molecule has 3 rings (SSSR count). The molecular formula is C22H34O5. The lowest BCUT2D eigenvalue weighted by Crippen LogP contribution is -2.62. The van der Waals surface area contributed by atoms with Crippen LogP contribution in [-0.4, -0.2) is 40.8 Å². The van der Waals surface area contributed by atoms with E-state index in [4.69, 9.17) is 4.74 Å². The predicted molar refractivity (Wildman–Crippen MR) is 102 cm³/mol. The van der Waals surface area contributed by atoms with Gasteiger partial charge in [-0.3, -0.25) is 4.79 Å². The number of hydrogen-bond donors (Lipinski definition) is 2. The minimum absolute atomic E-state index is 0.0877. The highest BCUT2D eigenvalue weighted by Gasteiger charge is 2.67. The summed E-state index contributed by atoms with van der Waals surface area (Å²) in [5.74, 6) is -0.498. The number of ether oxygens (including phenoxy) is 1. The quantitative estimate of drug-likeness (QED) is 0.583. The largest absolute Gasteiger partial charge is 0.460 e. The Balaban J connectivity index is 2.19. The molecule has 2 bridgehead atoms. The topological polar surface area (TPSA) is 83.8 Å². The zero-order valence-corrected chi connectivity index (χ0v) is 17.0. The molecule has 0 aromatic carbocycles. The van der Waals surface area contributed by atoms with E-state index in [0.717, 1.165) is 19.3 Å². The average Bonchev–Trinajstić information content (AvgIpc) is 2.98. The highest BCUT2D eigenvalue weighted by molar-refractivity contribution is 5.85. The first-order valence-corrected chi connectivity index (χ1v) is 10.2. The van der Waals surface area contributed by atoms with Gasteiger partial charge in [-0.1, -0.05) is 33.8 Å². The molecule has 2 N–H and O–H groups in total. The third-order valence-corrected chi connectivity index (χ3v) is 8.39. The minimum atomic E-state index is -0.708. The SMILES string of the molecule is C=CC1(C)CC(OC(=O)CO)C2C(C)CCC3(CCC(=O)C23)C(C)(C)C1O. The Morgan fingerprint density at radius 1 is 1.33 bits per heavy atom. The fraction of sp³-hybridized carbons (Fsp3) is 0.818. The van der Waals surface area contributed by atoms with Gasteiger partial charge in [0.15, 0.2) is 0 Å². The fourth-order valence-electron chi connectivity index (χ4n) is 6.76. The number of ketones is 1. The molecule has 0 spiro atoms. The van der Waals surface area contributed by atoms with Crippen LogP contribution in [0.4, 0.5) is 0 Å². The van der Waals surface area contributed by atoms with E-state index in [9.17, 15) is 19.8 Å². The number of rotatable bonds is 3. The smallest absolute Gasteiger partial charge is 0.332 e. The number of aliphatic hydroxyl groups excluding tert-OH is 2. The second kappa shape index (κ2) is 6.70. The lowest BCUT2D eigenvalue weighted by atomic mass is 9.44. The molecule has 0 aliphatic heterocycles. The maximum atomic E-state index is 13.1. The molecular weight excluding hydrogens is 344 g/mol. The molecule has 3 aliphatic carbocycles. The Morgan fingerprint density at radius 2 is 2.00 bits per heavy atom. The van der Waals surface area contributed by atoms with Gasteiger partial charge < -0.3 is 14.9 Å². The summed E-state index contributed by atoms with van der Waals surface area (Å²) in [6.07, 6.45) is 4.10. The van der Waals surface area contributed by atoms with Crippen molar-refractivity contribution in [2.45, 2.75) is 72.0 Å². The molecule has 0 aromatic rings. The molecule has 0 saturated heterocycles. The normalized spacial score (nSPS) is 46.1. The Labute approximate surface area is 162 Å². The Morgan fingerprint density at radius 3 is 2.59 bits per heavy atom. The molecule has 5 nitrogen and oxygen atoms in total. The van der Waals surface area contributed by atoms with Crippen molar-refractivity contribution in [3.05, 3.63) is 12.7 Å². The molecule has 5 heteroatoms. The first-order chi connectivity index (χ1) is 12.5. The van der Waals surface area contributed by atoms with E-state index in [0.29, 0.717) is 12.8 Å². The molecule has 0 aromatic heterocycles. The molecule has 27 heavy (non-hydrogen) atoms. The van der Waals surface area contributed by atoms with Gasteiger partial charge in [-0.25, -0.2) is 4.79 Å². The molecule has 0 radical (unpaired) electrons. The van der Waals surface area contributed by atoms with Crippen molar-refractivity contribution in [2.24, 2.45) is 34.0 Å². The van der Waals surface area contributed by atoms with E-state index in [1.165, 1.54) is 0 Å². The van der Waals surface area contributed by atoms with Gasteiger partial charge in [-0.05, 0) is 42.4 Å². The van der Waals surface area contributed by atoms with Crippen molar-refractivity contribution in [2.75, 3.05) is 6.61 Å². The molecule has 0 amide bonds. The second-order valence-corrected chi connectivity index (χ2v) is 9.92. The fourth-order valence-corrected chi connectivity index (χ4v) is 6.76. The van der Waals surface area contributed by atoms with Crippen LogP contribution < -0.4 is 0 Å². The van der Waals surface area contributed by atoms with Gasteiger partial charge in [0, 0.05) is 23.7 Å². The summed E-state index contributed by atoms with van der Waals surface area (Å²) in [7, 11) is 0. The van der Waals surface area contributed by atoms with E-state index in [1.807, 2.05) is 6.92 Å². The second-order valence-electron chi connectivity index (χ2n) is 9.92. The summed E-state index contributed by atoms with van der Waals surface area (Å²) in [5.41, 5.74) is -1.41. The van der Waals surface area contributed by atoms with Crippen molar-refractivity contribution in [3.63, 3.8) is 0 Å². The molecule has 3 saturated carbocycles. The van der Waals surface area contributed by atoms with Crippen molar-refractivity contribution in [1.82, 2.24) is 0 Å². The minimum Gasteiger partial charge on any atom is -0.460 e. The Bertz CT molecular complexity index is 641. The summed E-state index contributed by atoms with van der Waals surface area (Å²) in [4.78, 5) is 25.0. The van der Waals surface area contributed by atoms with Crippen LogP contribution in [0.5, 0.6) is 0 Å². The average molecular weight is 379 g/mol. The van der Waals surface area contributed by atoms with E-state index in [-0.39, 0.29) is 29.0 Å². The van der Waals surface area contributed by atoms with E-state index in [2.05, 4.69) is 27.4 Å². The Hall–Kier alpha value is -1.20. The monoisotopic (exact) mass is 378 g/mol. The van der Waals surface area contributed by atoms with Gasteiger partial charge in [0.2, 0.25) is 0 Å². The van der Waals surface area contributed by atoms with Crippen LogP contribution in [-0.2, 0) is 14.3 Å². The summed E-state index contributed by atoms with van der Waals surface area (Å²) < 4.78 is 5.70. The van der Waals surface area contributed by atoms with Crippen LogP contribution in [0.2, 0.25) is 0 Å². The molecule has 7 atom stereocenters. The van der Waals surface area contributed by atoms with Crippen molar-refractivity contribution in [1.29, 1.82) is 0 Å². The first kappa shape index (κ1) is 20.5. The molecule has 3 aliphatic rings. The van der Waals surface area contributed by atoms with Gasteiger partial charge >= 0.3 is 5.97 Å². The summed E-state index contributed by atoms with van der Waals surface area (Å²) in [6, 6.07) is 0. The third-order valence-electron chi connectivity index (χ3n) is 8.39. The molecule has 3 fully saturated rings. The van der Waals surface area contributed by atoms with Crippen LogP contribution in [0, 0.1) is 34.0 Å². The van der Waals surface area contributed by atoms with Gasteiger partial charge in [0.1, 0.15) is 18.5 Å². The van der Waals surface area contributed by atoms with Gasteiger partial charge in [0.05, 0.1) is 6.10 Å². The zero-order chi connectivity index (χ0) is 20.2. The molecule has 0 heterocycles. The first-order valence-electron chi connectivity index (χ1n) is 10.2. The number of hydrogen-bond acceptors (Lipinski definition) is 5. The third kappa shape index (κ3) is 2.80. The van der Waals surface area contributed by atoms with Gasteiger partial charge in [0.25, 0.3) is 0 Å². The number of esters is 1. The zero-order valence-electron chi connectivity index (χ0n) is 17.0. The highest BCUT2D eigenvalue weighted by Crippen LogP contribution is 2.67. The number of Topliss-reactive ketones (excluding diaryl/α,β-unsaturated/α-hetero) is 1. The standard InChI is InChI=1S/C22H34O5/c1-6-21(5)11-15(27-16(25)12-23)17-13(2)7-9-22(20(3,4)19(21)26)10-8-14(24)18(17)22/h6,13,15,17-19,23,26H,1,7-12H2,2-5H3. The number of carbonyl (C=O) groups excluding carboxylic acids is 2. The van der Waals surface area contributed by atoms with Crippen LogP contribution in [0.25, 0.3) is 0 Å². The van der Waals surface area contributed by atoms with E-state index < -0.39 is 35.6 Å². The van der Waals surface area contributed by atoms with Crippen LogP contribution >= 0.6 is 0 Å². The predicted octanol–water partition coefficient (Wildman–Crippen LogP) is 2.89. The van der Waals surface area contributed by atoms with Crippen molar-refractivity contribution >= 4 is 11.8 Å². The van der Waals surface area contributed by atoms with Crippen molar-refractivity contribution in [3.8, 4) is 0 Å². The summed E-state index contributed by atoms with van der Waals surface area (Å²) in [5, 5.41) is 20.7. The van der Waals surface area contributed by atoms with Crippen LogP contribution in [0.15, 0.2) is 12.7 Å². The Kier molecular flexibility index (Phi) is 5.09. The molecule has 7 unspecified atom stereocenters. The van der Waals surface area contributed by atoms with Gasteiger partial charge in [-0.2, -0.15) is 0 Å². The maximum absolute atomic E-state index is 13.1. The lowest BCUT2D eigenvalue weighted by molar-refractivity contribution is -0.202. The number of carbonyl (C=O) groups is 2. The van der Waals surface area contributed by atoms with E-state index >= 15 is 0 Å². The maximum Gasteiger partial charge on any atom is 0.332 e. The van der Waals surface area contributed by atoms with E-state index in [1.54, 1.807) is 6.08 Å². The lowest BCUT2D eigenvalue weighted by Gasteiger charge is -2.61. The van der Waals surface area contributed by atoms with Crippen LogP contribution in [0.1, 0.15) is 59.8 Å². The van der Waals surface area contributed by atoms with Crippen LogP contribution in [0.3, 0.4) is 0 Å². The van der Waals surface area contributed by atoms with Crippen molar-refractivity contribution < 1.29 is 24.5 Å². The highest BCUT2D eigenvalue weighted by atomic mass is 16.6. The molecule has 152 valence electrons. The number of aliphatic hydroxyl groups is 2. The summed E-state index contributed by atoms with van der Waals surface area (Å²) >= 11 is 0.